The fourth-order valence-corrected chi connectivity index (χ4v) is 3.94. The maximum absolute atomic E-state index is 13.2. The van der Waals surface area contributed by atoms with Gasteiger partial charge in [0.05, 0.1) is 12.1 Å². The highest BCUT2D eigenvalue weighted by atomic mass is 16.3. The molecule has 1 N–H and O–H groups in total. The zero-order chi connectivity index (χ0) is 20.3. The number of carbonyl (C=O) groups is 2. The smallest absolute Gasteiger partial charge is 0.264 e. The van der Waals surface area contributed by atoms with E-state index in [0.717, 1.165) is 12.8 Å². The first-order chi connectivity index (χ1) is 14.1. The number of rotatable bonds is 7. The maximum atomic E-state index is 13.2. The van der Waals surface area contributed by atoms with Crippen LogP contribution in [0.1, 0.15) is 34.3 Å². The number of fused-ring (bicyclic) bond motifs is 1. The van der Waals surface area contributed by atoms with E-state index in [4.69, 9.17) is 0 Å². The molecule has 4 heteroatoms. The summed E-state index contributed by atoms with van der Waals surface area (Å²) in [7, 11) is 0. The minimum absolute atomic E-state index is 0.248. The standard InChI is InChI=1S/C25H23NO3/c27-23(20-13-5-2-6-14-20)18-25(29)21-15-7-8-16-22(21)26(24(25)28)17-9-12-19-10-3-1-4-11-19/h1-8,10-11,13-16,29H,9,12,17-18H2/t25-/m0/s1. The number of carbonyl (C=O) groups excluding carboxylic acids is 2. The van der Waals surface area contributed by atoms with Gasteiger partial charge in [0, 0.05) is 17.7 Å². The van der Waals surface area contributed by atoms with Crippen molar-refractivity contribution in [2.45, 2.75) is 24.9 Å². The second-order valence-electron chi connectivity index (χ2n) is 7.39. The highest BCUT2D eigenvalue weighted by molar-refractivity contribution is 6.10. The van der Waals surface area contributed by atoms with Crippen LogP contribution in [0.25, 0.3) is 0 Å². The molecule has 0 saturated heterocycles. The van der Waals surface area contributed by atoms with Crippen molar-refractivity contribution < 1.29 is 14.7 Å². The molecular weight excluding hydrogens is 362 g/mol. The third-order valence-electron chi connectivity index (χ3n) is 5.44. The number of aliphatic hydroxyl groups is 1. The summed E-state index contributed by atoms with van der Waals surface area (Å²) in [4.78, 5) is 27.6. The molecule has 3 aromatic rings. The first kappa shape index (κ1) is 19.1. The molecule has 0 saturated carbocycles. The van der Waals surface area contributed by atoms with Crippen molar-refractivity contribution in [3.8, 4) is 0 Å². The number of Topliss-reactive ketones (excluding diaryl/α,β-unsaturated/α-hetero) is 1. The van der Waals surface area contributed by atoms with E-state index in [9.17, 15) is 14.7 Å². The van der Waals surface area contributed by atoms with Gasteiger partial charge in [0.15, 0.2) is 11.4 Å². The van der Waals surface area contributed by atoms with Crippen molar-refractivity contribution in [2.24, 2.45) is 0 Å². The Bertz CT molecular complexity index is 1020. The number of hydrogen-bond acceptors (Lipinski definition) is 3. The van der Waals surface area contributed by atoms with Gasteiger partial charge in [-0.2, -0.15) is 0 Å². The van der Waals surface area contributed by atoms with Gasteiger partial charge < -0.3 is 10.0 Å². The van der Waals surface area contributed by atoms with Crippen molar-refractivity contribution in [1.82, 2.24) is 0 Å². The van der Waals surface area contributed by atoms with Crippen LogP contribution in [0.4, 0.5) is 5.69 Å². The Labute approximate surface area is 170 Å². The first-order valence-electron chi connectivity index (χ1n) is 9.85. The summed E-state index contributed by atoms with van der Waals surface area (Å²) in [5.74, 6) is -0.668. The van der Waals surface area contributed by atoms with Crippen LogP contribution in [0, 0.1) is 0 Å². The van der Waals surface area contributed by atoms with E-state index in [1.807, 2.05) is 36.4 Å². The molecule has 4 rings (SSSR count). The Morgan fingerprint density at radius 3 is 2.21 bits per heavy atom. The van der Waals surface area contributed by atoms with Crippen LogP contribution in [0.15, 0.2) is 84.9 Å². The highest BCUT2D eigenvalue weighted by Crippen LogP contribution is 2.42. The zero-order valence-corrected chi connectivity index (χ0v) is 16.1. The molecule has 0 fully saturated rings. The molecule has 0 aromatic heterocycles. The molecule has 0 aliphatic carbocycles. The van der Waals surface area contributed by atoms with Crippen LogP contribution in [0.2, 0.25) is 0 Å². The Balaban J connectivity index is 1.54. The number of para-hydroxylation sites is 1. The van der Waals surface area contributed by atoms with E-state index in [0.29, 0.717) is 23.4 Å². The SMILES string of the molecule is O=C(C[C@@]1(O)C(=O)N(CCCc2ccccc2)c2ccccc21)c1ccccc1. The third kappa shape index (κ3) is 3.71. The number of ketones is 1. The van der Waals surface area contributed by atoms with Gasteiger partial charge in [-0.15, -0.1) is 0 Å². The van der Waals surface area contributed by atoms with E-state index in [-0.39, 0.29) is 12.2 Å². The Kier molecular flexibility index (Phi) is 5.28. The van der Waals surface area contributed by atoms with Crippen LogP contribution >= 0.6 is 0 Å². The van der Waals surface area contributed by atoms with Crippen molar-refractivity contribution in [1.29, 1.82) is 0 Å². The first-order valence-corrected chi connectivity index (χ1v) is 9.85. The fourth-order valence-electron chi connectivity index (χ4n) is 3.94. The molecular formula is C25H23NO3. The quantitative estimate of drug-likeness (QED) is 0.622. The number of hydrogen-bond donors (Lipinski definition) is 1. The predicted octanol–water partition coefficient (Wildman–Crippen LogP) is 4.13. The molecule has 0 unspecified atom stereocenters. The van der Waals surface area contributed by atoms with E-state index < -0.39 is 11.5 Å². The second-order valence-corrected chi connectivity index (χ2v) is 7.39. The number of amides is 1. The molecule has 3 aromatic carbocycles. The summed E-state index contributed by atoms with van der Waals surface area (Å²) in [5.41, 5.74) is 1.08. The lowest BCUT2D eigenvalue weighted by molar-refractivity contribution is -0.135. The normalized spacial score (nSPS) is 18.0. The highest BCUT2D eigenvalue weighted by Gasteiger charge is 2.50. The summed E-state index contributed by atoms with van der Waals surface area (Å²) in [6, 6.07) is 26.1. The van der Waals surface area contributed by atoms with Gasteiger partial charge in [0.25, 0.3) is 5.91 Å². The Hall–Kier alpha value is -3.24. The summed E-state index contributed by atoms with van der Waals surface area (Å²) in [6.45, 7) is 0.493. The molecule has 1 aliphatic heterocycles. The summed E-state index contributed by atoms with van der Waals surface area (Å²) in [5, 5.41) is 11.3. The molecule has 146 valence electrons. The van der Waals surface area contributed by atoms with Gasteiger partial charge in [-0.1, -0.05) is 78.9 Å². The second kappa shape index (κ2) is 8.02. The average Bonchev–Trinajstić information content (AvgIpc) is 2.97. The summed E-state index contributed by atoms with van der Waals surface area (Å²) >= 11 is 0. The van der Waals surface area contributed by atoms with Gasteiger partial charge in [0.1, 0.15) is 0 Å². The van der Waals surface area contributed by atoms with Gasteiger partial charge in [-0.05, 0) is 24.5 Å². The fraction of sp³-hybridized carbons (Fsp3) is 0.200. The molecule has 0 spiro atoms. The van der Waals surface area contributed by atoms with Crippen LogP contribution in [-0.4, -0.2) is 23.3 Å². The van der Waals surface area contributed by atoms with E-state index in [1.165, 1.54) is 5.56 Å². The van der Waals surface area contributed by atoms with Crippen LogP contribution in [0.5, 0.6) is 0 Å². The van der Waals surface area contributed by atoms with Gasteiger partial charge in [-0.25, -0.2) is 0 Å². The Morgan fingerprint density at radius 1 is 0.862 bits per heavy atom. The van der Waals surface area contributed by atoms with E-state index in [2.05, 4.69) is 12.1 Å². The third-order valence-corrected chi connectivity index (χ3v) is 5.44. The molecule has 1 aliphatic rings. The van der Waals surface area contributed by atoms with E-state index in [1.54, 1.807) is 41.3 Å². The average molecular weight is 385 g/mol. The molecule has 1 atom stereocenters. The molecule has 1 amide bonds. The van der Waals surface area contributed by atoms with Crippen LogP contribution in [-0.2, 0) is 16.8 Å². The van der Waals surface area contributed by atoms with Crippen molar-refractivity contribution in [3.05, 3.63) is 102 Å². The summed E-state index contributed by atoms with van der Waals surface area (Å²) < 4.78 is 0. The zero-order valence-electron chi connectivity index (χ0n) is 16.1. The molecule has 29 heavy (non-hydrogen) atoms. The lowest BCUT2D eigenvalue weighted by atomic mass is 9.88. The number of benzene rings is 3. The molecule has 0 radical (unpaired) electrons. The van der Waals surface area contributed by atoms with E-state index >= 15 is 0 Å². The minimum atomic E-state index is -1.82. The number of aryl methyl sites for hydroxylation is 1. The Morgan fingerprint density at radius 2 is 1.48 bits per heavy atom. The minimum Gasteiger partial charge on any atom is -0.375 e. The number of nitrogens with zero attached hydrogens (tertiary/aromatic N) is 1. The van der Waals surface area contributed by atoms with Gasteiger partial charge >= 0.3 is 0 Å². The molecule has 1 heterocycles. The molecule has 4 nitrogen and oxygen atoms in total. The lowest BCUT2D eigenvalue weighted by Gasteiger charge is -2.23. The largest absolute Gasteiger partial charge is 0.375 e. The van der Waals surface area contributed by atoms with Crippen molar-refractivity contribution in [2.75, 3.05) is 11.4 Å². The topological polar surface area (TPSA) is 57.6 Å². The predicted molar refractivity (Wildman–Crippen MR) is 113 cm³/mol. The monoisotopic (exact) mass is 385 g/mol. The maximum Gasteiger partial charge on any atom is 0.264 e. The van der Waals surface area contributed by atoms with Gasteiger partial charge in [-0.3, -0.25) is 9.59 Å². The summed E-state index contributed by atoms with van der Waals surface area (Å²) in [6.07, 6.45) is 1.35. The molecule has 0 bridgehead atoms. The number of anilines is 1. The van der Waals surface area contributed by atoms with Crippen LogP contribution in [0.3, 0.4) is 0 Å². The van der Waals surface area contributed by atoms with Crippen molar-refractivity contribution in [3.63, 3.8) is 0 Å². The van der Waals surface area contributed by atoms with Gasteiger partial charge in [0.2, 0.25) is 0 Å². The lowest BCUT2D eigenvalue weighted by Crippen LogP contribution is -2.42. The van der Waals surface area contributed by atoms with Crippen LogP contribution < -0.4 is 4.90 Å². The van der Waals surface area contributed by atoms with Crippen molar-refractivity contribution >= 4 is 17.4 Å².